The Morgan fingerprint density at radius 1 is 1.50 bits per heavy atom. The van der Waals surface area contributed by atoms with Crippen LogP contribution in [0, 0.1) is 11.7 Å². The molecule has 1 aliphatic carbocycles. The van der Waals surface area contributed by atoms with Gasteiger partial charge in [0.15, 0.2) is 0 Å². The maximum absolute atomic E-state index is 13.0. The van der Waals surface area contributed by atoms with Crippen molar-refractivity contribution < 1.29 is 12.8 Å². The third kappa shape index (κ3) is 3.71. The van der Waals surface area contributed by atoms with Crippen LogP contribution in [-0.4, -0.2) is 20.5 Å². The zero-order chi connectivity index (χ0) is 14.3. The summed E-state index contributed by atoms with van der Waals surface area (Å²) >= 11 is 3.07. The molecule has 1 fully saturated rings. The Morgan fingerprint density at radius 2 is 2.10 bits per heavy atom. The molecule has 1 saturated carbocycles. The fraction of sp³-hybridized carbons (Fsp3) is 0.500. The zero-order valence-corrected chi connectivity index (χ0v) is 14.1. The third-order valence-corrected chi connectivity index (χ3v) is 6.04. The van der Waals surface area contributed by atoms with Crippen molar-refractivity contribution in [3.8, 4) is 0 Å². The fourth-order valence-electron chi connectivity index (χ4n) is 2.07. The summed E-state index contributed by atoms with van der Waals surface area (Å²) in [6.07, 6.45) is 1.95. The Labute approximate surface area is 132 Å². The first kappa shape index (κ1) is 17.8. The van der Waals surface area contributed by atoms with Gasteiger partial charge in [0.2, 0.25) is 10.0 Å². The van der Waals surface area contributed by atoms with Crippen molar-refractivity contribution in [1.82, 2.24) is 4.72 Å². The van der Waals surface area contributed by atoms with Gasteiger partial charge in [-0.3, -0.25) is 0 Å². The van der Waals surface area contributed by atoms with Crippen molar-refractivity contribution in [3.05, 3.63) is 28.5 Å². The SMILES string of the molecule is CC(CN)(NS(=O)(=O)c1ccc(F)cc1Br)C1CC1.Cl. The van der Waals surface area contributed by atoms with Crippen LogP contribution in [0.3, 0.4) is 0 Å². The van der Waals surface area contributed by atoms with Crippen LogP contribution in [0.25, 0.3) is 0 Å². The van der Waals surface area contributed by atoms with Gasteiger partial charge < -0.3 is 5.73 Å². The van der Waals surface area contributed by atoms with Gasteiger partial charge in [-0.1, -0.05) is 0 Å². The first-order chi connectivity index (χ1) is 8.78. The van der Waals surface area contributed by atoms with E-state index >= 15 is 0 Å². The molecular weight excluding hydrogens is 371 g/mol. The van der Waals surface area contributed by atoms with Gasteiger partial charge in [0.05, 0.1) is 4.90 Å². The Morgan fingerprint density at radius 3 is 2.55 bits per heavy atom. The van der Waals surface area contributed by atoms with Gasteiger partial charge in [0.25, 0.3) is 0 Å². The number of sulfonamides is 1. The molecule has 114 valence electrons. The number of hydrogen-bond donors (Lipinski definition) is 2. The first-order valence-electron chi connectivity index (χ1n) is 5.97. The minimum absolute atomic E-state index is 0. The molecule has 0 bridgehead atoms. The van der Waals surface area contributed by atoms with Gasteiger partial charge in [-0.15, -0.1) is 12.4 Å². The monoisotopic (exact) mass is 386 g/mol. The molecular formula is C12H17BrClFN2O2S. The number of nitrogens with one attached hydrogen (secondary N) is 1. The Bertz CT molecular complexity index is 595. The van der Waals surface area contributed by atoms with E-state index < -0.39 is 21.4 Å². The summed E-state index contributed by atoms with van der Waals surface area (Å²) in [5, 5.41) is 0. The largest absolute Gasteiger partial charge is 0.329 e. The average molecular weight is 388 g/mol. The molecule has 0 spiro atoms. The van der Waals surface area contributed by atoms with Crippen LogP contribution in [0.15, 0.2) is 27.6 Å². The number of hydrogen-bond acceptors (Lipinski definition) is 3. The standard InChI is InChI=1S/C12H16BrFN2O2S.ClH/c1-12(7-15,8-2-3-8)16-19(17,18)11-5-4-9(14)6-10(11)13;/h4-6,8,16H,2-3,7,15H2,1H3;1H. The first-order valence-corrected chi connectivity index (χ1v) is 8.25. The van der Waals surface area contributed by atoms with Crippen molar-refractivity contribution in [2.75, 3.05) is 6.54 Å². The number of nitrogens with two attached hydrogens (primary N) is 1. The minimum atomic E-state index is -3.73. The molecule has 1 aromatic carbocycles. The molecule has 1 unspecified atom stereocenters. The average Bonchev–Trinajstić information content (AvgIpc) is 3.11. The van der Waals surface area contributed by atoms with Crippen LogP contribution in [0.4, 0.5) is 4.39 Å². The molecule has 1 aromatic rings. The quantitative estimate of drug-likeness (QED) is 0.815. The van der Waals surface area contributed by atoms with E-state index in [-0.39, 0.29) is 34.2 Å². The van der Waals surface area contributed by atoms with E-state index in [2.05, 4.69) is 20.7 Å². The fourth-order valence-corrected chi connectivity index (χ4v) is 4.59. The van der Waals surface area contributed by atoms with Crippen molar-refractivity contribution in [3.63, 3.8) is 0 Å². The van der Waals surface area contributed by atoms with E-state index in [0.717, 1.165) is 25.0 Å². The van der Waals surface area contributed by atoms with E-state index in [1.165, 1.54) is 6.07 Å². The lowest BCUT2D eigenvalue weighted by atomic mass is 9.98. The summed E-state index contributed by atoms with van der Waals surface area (Å²) < 4.78 is 40.6. The number of halogens is 3. The van der Waals surface area contributed by atoms with Gasteiger partial charge in [-0.25, -0.2) is 17.5 Å². The predicted molar refractivity (Wildman–Crippen MR) is 81.9 cm³/mol. The van der Waals surface area contributed by atoms with E-state index in [4.69, 9.17) is 5.73 Å². The molecule has 2 rings (SSSR count). The van der Waals surface area contributed by atoms with Crippen molar-refractivity contribution in [1.29, 1.82) is 0 Å². The van der Waals surface area contributed by atoms with Crippen LogP contribution in [0.1, 0.15) is 19.8 Å². The van der Waals surface area contributed by atoms with E-state index in [9.17, 15) is 12.8 Å². The summed E-state index contributed by atoms with van der Waals surface area (Å²) in [4.78, 5) is 0.0224. The van der Waals surface area contributed by atoms with Gasteiger partial charge in [0, 0.05) is 16.6 Å². The molecule has 0 amide bonds. The second kappa shape index (κ2) is 6.27. The molecule has 20 heavy (non-hydrogen) atoms. The van der Waals surface area contributed by atoms with Crippen LogP contribution < -0.4 is 10.5 Å². The summed E-state index contributed by atoms with van der Waals surface area (Å²) in [6.45, 7) is 2.04. The highest BCUT2D eigenvalue weighted by Gasteiger charge is 2.43. The van der Waals surface area contributed by atoms with Crippen molar-refractivity contribution in [2.45, 2.75) is 30.2 Å². The molecule has 4 nitrogen and oxygen atoms in total. The smallest absolute Gasteiger partial charge is 0.242 e. The van der Waals surface area contributed by atoms with Gasteiger partial charge in [-0.2, -0.15) is 0 Å². The number of benzene rings is 1. The maximum Gasteiger partial charge on any atom is 0.242 e. The normalized spacial score (nSPS) is 18.2. The second-order valence-electron chi connectivity index (χ2n) is 5.08. The lowest BCUT2D eigenvalue weighted by molar-refractivity contribution is 0.374. The summed E-state index contributed by atoms with van der Waals surface area (Å²) in [6, 6.07) is 3.49. The van der Waals surface area contributed by atoms with E-state index in [0.29, 0.717) is 0 Å². The van der Waals surface area contributed by atoms with E-state index in [1.54, 1.807) is 6.92 Å². The molecule has 3 N–H and O–H groups in total. The van der Waals surface area contributed by atoms with Crippen molar-refractivity contribution >= 4 is 38.4 Å². The van der Waals surface area contributed by atoms with Gasteiger partial charge >= 0.3 is 0 Å². The molecule has 0 saturated heterocycles. The predicted octanol–water partition coefficient (Wildman–Crippen LogP) is 2.42. The molecule has 1 atom stereocenters. The highest BCUT2D eigenvalue weighted by Crippen LogP contribution is 2.40. The minimum Gasteiger partial charge on any atom is -0.329 e. The highest BCUT2D eigenvalue weighted by molar-refractivity contribution is 9.10. The zero-order valence-electron chi connectivity index (χ0n) is 10.9. The van der Waals surface area contributed by atoms with Crippen LogP contribution >= 0.6 is 28.3 Å². The molecule has 1 aliphatic rings. The lowest BCUT2D eigenvalue weighted by Gasteiger charge is -2.29. The van der Waals surface area contributed by atoms with Crippen molar-refractivity contribution in [2.24, 2.45) is 11.7 Å². The molecule has 0 heterocycles. The second-order valence-corrected chi connectivity index (χ2v) is 7.58. The van der Waals surface area contributed by atoms with Gasteiger partial charge in [0.1, 0.15) is 5.82 Å². The topological polar surface area (TPSA) is 72.2 Å². The molecule has 0 aliphatic heterocycles. The number of rotatable bonds is 5. The Hall–Kier alpha value is -0.210. The Balaban J connectivity index is 0.00000200. The molecule has 0 radical (unpaired) electrons. The van der Waals surface area contributed by atoms with Gasteiger partial charge in [-0.05, 0) is 59.8 Å². The summed E-state index contributed by atoms with van der Waals surface area (Å²) in [5.74, 6) is -0.221. The van der Waals surface area contributed by atoms with E-state index in [1.807, 2.05) is 0 Å². The Kier molecular flexibility index (Phi) is 5.60. The molecule has 0 aromatic heterocycles. The highest BCUT2D eigenvalue weighted by atomic mass is 79.9. The van der Waals surface area contributed by atoms with Crippen LogP contribution in [0.5, 0.6) is 0 Å². The lowest BCUT2D eigenvalue weighted by Crippen LogP contribution is -2.53. The summed E-state index contributed by atoms with van der Waals surface area (Å²) in [5.41, 5.74) is 5.05. The molecule has 8 heteroatoms. The van der Waals surface area contributed by atoms with Crippen LogP contribution in [-0.2, 0) is 10.0 Å². The van der Waals surface area contributed by atoms with Crippen LogP contribution in [0.2, 0.25) is 0 Å². The third-order valence-electron chi connectivity index (χ3n) is 3.45. The maximum atomic E-state index is 13.0. The summed E-state index contributed by atoms with van der Waals surface area (Å²) in [7, 11) is -3.73.